The molecule has 0 N–H and O–H groups in total. The van der Waals surface area contributed by atoms with Gasteiger partial charge in [-0.05, 0) is 26.0 Å². The number of fused-ring (bicyclic) bond motifs is 1. The Morgan fingerprint density at radius 3 is 2.75 bits per heavy atom. The topological polar surface area (TPSA) is 39.9 Å². The Bertz CT molecular complexity index is 746. The van der Waals surface area contributed by atoms with E-state index < -0.39 is 0 Å². The summed E-state index contributed by atoms with van der Waals surface area (Å²) >= 11 is 0. The molecule has 0 atom stereocenters. The third kappa shape index (κ3) is 2.03. The standard InChI is InChI=1S/C16H17N3O/c1-11(2)19-9-8-17-15(19)13-10-12-6-4-5-7-14(12)18-16(13)20-3/h4-11H,1-3H3. The fourth-order valence-electron chi connectivity index (χ4n) is 2.35. The summed E-state index contributed by atoms with van der Waals surface area (Å²) in [6, 6.07) is 10.4. The highest BCUT2D eigenvalue weighted by Gasteiger charge is 2.15. The molecule has 0 aliphatic carbocycles. The molecule has 0 unspecified atom stereocenters. The van der Waals surface area contributed by atoms with Gasteiger partial charge in [-0.25, -0.2) is 9.97 Å². The van der Waals surface area contributed by atoms with E-state index in [4.69, 9.17) is 4.74 Å². The summed E-state index contributed by atoms with van der Waals surface area (Å²) in [4.78, 5) is 9.04. The molecule has 2 aromatic heterocycles. The maximum absolute atomic E-state index is 5.45. The summed E-state index contributed by atoms with van der Waals surface area (Å²) in [6.07, 6.45) is 3.79. The van der Waals surface area contributed by atoms with Gasteiger partial charge in [-0.3, -0.25) is 0 Å². The molecule has 1 aromatic carbocycles. The molecule has 2 heterocycles. The van der Waals surface area contributed by atoms with E-state index in [-0.39, 0.29) is 0 Å². The van der Waals surface area contributed by atoms with E-state index in [0.717, 1.165) is 22.3 Å². The number of ether oxygens (including phenoxy) is 1. The van der Waals surface area contributed by atoms with Gasteiger partial charge in [0.25, 0.3) is 0 Å². The molecule has 0 fully saturated rings. The van der Waals surface area contributed by atoms with Gasteiger partial charge < -0.3 is 9.30 Å². The van der Waals surface area contributed by atoms with Crippen molar-refractivity contribution in [2.45, 2.75) is 19.9 Å². The number of nitrogens with zero attached hydrogens (tertiary/aromatic N) is 3. The van der Waals surface area contributed by atoms with Crippen molar-refractivity contribution in [2.24, 2.45) is 0 Å². The third-order valence-corrected chi connectivity index (χ3v) is 3.35. The largest absolute Gasteiger partial charge is 0.480 e. The zero-order valence-corrected chi connectivity index (χ0v) is 11.9. The Hall–Kier alpha value is -2.36. The SMILES string of the molecule is COc1nc2ccccc2cc1-c1nccn1C(C)C. The Kier molecular flexibility index (Phi) is 3.14. The number of methoxy groups -OCH3 is 1. The average molecular weight is 267 g/mol. The fraction of sp³-hybridized carbons (Fsp3) is 0.250. The minimum atomic E-state index is 0.337. The zero-order valence-electron chi connectivity index (χ0n) is 11.9. The molecule has 0 spiro atoms. The molecule has 0 aliphatic heterocycles. The number of hydrogen-bond donors (Lipinski definition) is 0. The quantitative estimate of drug-likeness (QED) is 0.726. The number of rotatable bonds is 3. The van der Waals surface area contributed by atoms with Crippen molar-refractivity contribution in [3.63, 3.8) is 0 Å². The van der Waals surface area contributed by atoms with Crippen LogP contribution in [-0.4, -0.2) is 21.6 Å². The van der Waals surface area contributed by atoms with Gasteiger partial charge in [-0.15, -0.1) is 0 Å². The molecule has 0 amide bonds. The van der Waals surface area contributed by atoms with Gasteiger partial charge in [0.05, 0.1) is 18.2 Å². The average Bonchev–Trinajstić information content (AvgIpc) is 2.95. The van der Waals surface area contributed by atoms with Crippen LogP contribution in [0.25, 0.3) is 22.3 Å². The van der Waals surface area contributed by atoms with Crippen molar-refractivity contribution in [1.82, 2.24) is 14.5 Å². The number of aromatic nitrogens is 3. The molecular weight excluding hydrogens is 250 g/mol. The maximum atomic E-state index is 5.45. The van der Waals surface area contributed by atoms with E-state index in [1.807, 2.05) is 36.7 Å². The van der Waals surface area contributed by atoms with E-state index in [9.17, 15) is 0 Å². The lowest BCUT2D eigenvalue weighted by Gasteiger charge is -2.14. The van der Waals surface area contributed by atoms with Crippen LogP contribution in [0.4, 0.5) is 0 Å². The zero-order chi connectivity index (χ0) is 14.1. The number of para-hydroxylation sites is 1. The summed E-state index contributed by atoms with van der Waals surface area (Å²) in [7, 11) is 1.64. The molecule has 0 saturated carbocycles. The first-order chi connectivity index (χ1) is 9.70. The summed E-state index contributed by atoms with van der Waals surface area (Å²) in [5.41, 5.74) is 1.85. The second-order valence-electron chi connectivity index (χ2n) is 4.99. The molecule has 102 valence electrons. The highest BCUT2D eigenvalue weighted by atomic mass is 16.5. The molecular formula is C16H17N3O. The van der Waals surface area contributed by atoms with Crippen LogP contribution >= 0.6 is 0 Å². The number of hydrogen-bond acceptors (Lipinski definition) is 3. The van der Waals surface area contributed by atoms with Crippen LogP contribution in [-0.2, 0) is 0 Å². The van der Waals surface area contributed by atoms with Crippen LogP contribution in [0.2, 0.25) is 0 Å². The van der Waals surface area contributed by atoms with Gasteiger partial charge in [0.1, 0.15) is 5.82 Å². The van der Waals surface area contributed by atoms with Crippen LogP contribution in [0.5, 0.6) is 5.88 Å². The van der Waals surface area contributed by atoms with Crippen molar-refractivity contribution in [1.29, 1.82) is 0 Å². The summed E-state index contributed by atoms with van der Waals surface area (Å²) in [5.74, 6) is 1.49. The monoisotopic (exact) mass is 267 g/mol. The van der Waals surface area contributed by atoms with Crippen molar-refractivity contribution in [3.05, 3.63) is 42.7 Å². The summed E-state index contributed by atoms with van der Waals surface area (Å²) in [5, 5.41) is 1.08. The van der Waals surface area contributed by atoms with Crippen LogP contribution in [0, 0.1) is 0 Å². The molecule has 0 saturated heterocycles. The molecule has 4 heteroatoms. The van der Waals surface area contributed by atoms with Crippen molar-refractivity contribution in [2.75, 3.05) is 7.11 Å². The number of benzene rings is 1. The lowest BCUT2D eigenvalue weighted by molar-refractivity contribution is 0.400. The molecule has 4 nitrogen and oxygen atoms in total. The third-order valence-electron chi connectivity index (χ3n) is 3.35. The van der Waals surface area contributed by atoms with E-state index in [1.54, 1.807) is 7.11 Å². The Morgan fingerprint density at radius 2 is 2.00 bits per heavy atom. The minimum Gasteiger partial charge on any atom is -0.480 e. The second kappa shape index (κ2) is 4.96. The summed E-state index contributed by atoms with van der Waals surface area (Å²) in [6.45, 7) is 4.26. The Morgan fingerprint density at radius 1 is 1.20 bits per heavy atom. The molecule has 20 heavy (non-hydrogen) atoms. The van der Waals surface area contributed by atoms with Crippen LogP contribution in [0.15, 0.2) is 42.7 Å². The van der Waals surface area contributed by atoms with Crippen LogP contribution in [0.1, 0.15) is 19.9 Å². The Labute approximate surface area is 118 Å². The molecule has 0 aliphatic rings. The minimum absolute atomic E-state index is 0.337. The van der Waals surface area contributed by atoms with E-state index in [0.29, 0.717) is 11.9 Å². The molecule has 3 aromatic rings. The van der Waals surface area contributed by atoms with Crippen LogP contribution in [0.3, 0.4) is 0 Å². The predicted octanol–water partition coefficient (Wildman–Crippen LogP) is 3.69. The van der Waals surface area contributed by atoms with E-state index in [1.165, 1.54) is 0 Å². The molecule has 0 bridgehead atoms. The van der Waals surface area contributed by atoms with Crippen molar-refractivity contribution < 1.29 is 4.74 Å². The maximum Gasteiger partial charge on any atom is 0.224 e. The second-order valence-corrected chi connectivity index (χ2v) is 4.99. The molecule has 3 rings (SSSR count). The number of pyridine rings is 1. The highest BCUT2D eigenvalue weighted by Crippen LogP contribution is 2.31. The highest BCUT2D eigenvalue weighted by molar-refractivity contribution is 5.84. The van der Waals surface area contributed by atoms with Crippen molar-refractivity contribution >= 4 is 10.9 Å². The lowest BCUT2D eigenvalue weighted by Crippen LogP contribution is -2.03. The van der Waals surface area contributed by atoms with Gasteiger partial charge in [-0.2, -0.15) is 0 Å². The summed E-state index contributed by atoms with van der Waals surface area (Å²) < 4.78 is 7.57. The van der Waals surface area contributed by atoms with Gasteiger partial charge in [0.15, 0.2) is 0 Å². The molecule has 0 radical (unpaired) electrons. The van der Waals surface area contributed by atoms with Gasteiger partial charge in [-0.1, -0.05) is 18.2 Å². The lowest BCUT2D eigenvalue weighted by atomic mass is 10.1. The van der Waals surface area contributed by atoms with Crippen LogP contribution < -0.4 is 4.74 Å². The van der Waals surface area contributed by atoms with Gasteiger partial charge in [0, 0.05) is 23.8 Å². The first-order valence-corrected chi connectivity index (χ1v) is 6.67. The van der Waals surface area contributed by atoms with Crippen molar-refractivity contribution in [3.8, 4) is 17.3 Å². The van der Waals surface area contributed by atoms with Gasteiger partial charge in [0.2, 0.25) is 5.88 Å². The number of imidazole rings is 1. The van der Waals surface area contributed by atoms with E-state index >= 15 is 0 Å². The first kappa shape index (κ1) is 12.7. The first-order valence-electron chi connectivity index (χ1n) is 6.67. The van der Waals surface area contributed by atoms with Gasteiger partial charge >= 0.3 is 0 Å². The Balaban J connectivity index is 2.26. The van der Waals surface area contributed by atoms with E-state index in [2.05, 4.69) is 34.4 Å². The predicted molar refractivity (Wildman–Crippen MR) is 79.9 cm³/mol. The normalized spacial score (nSPS) is 11.2. The smallest absolute Gasteiger partial charge is 0.224 e. The fourth-order valence-corrected chi connectivity index (χ4v) is 2.35.